The number of hydrogen-bond acceptors (Lipinski definition) is 6. The largest absolute Gasteiger partial charge is 0.496 e. The Morgan fingerprint density at radius 3 is 2.32 bits per heavy atom. The highest BCUT2D eigenvalue weighted by Gasteiger charge is 2.32. The summed E-state index contributed by atoms with van der Waals surface area (Å²) in [5, 5.41) is 1.68. The van der Waals surface area contributed by atoms with Crippen LogP contribution in [0.2, 0.25) is 0 Å². The van der Waals surface area contributed by atoms with Crippen LogP contribution in [0, 0.1) is 0 Å². The van der Waals surface area contributed by atoms with Gasteiger partial charge in [-0.05, 0) is 29.7 Å². The molecule has 8 nitrogen and oxygen atoms in total. The van der Waals surface area contributed by atoms with Crippen molar-refractivity contribution in [1.82, 2.24) is 9.21 Å². The summed E-state index contributed by atoms with van der Waals surface area (Å²) < 4.78 is 44.6. The normalized spacial score (nSPS) is 16.8. The zero-order chi connectivity index (χ0) is 23.7. The highest BCUT2D eigenvalue weighted by Crippen LogP contribution is 2.33. The lowest BCUT2D eigenvalue weighted by atomic mass is 10.0. The smallest absolute Gasteiger partial charge is 0.254 e. The molecule has 0 N–H and O–H groups in total. The number of piperazine rings is 1. The van der Waals surface area contributed by atoms with Gasteiger partial charge in [-0.25, -0.2) is 8.42 Å². The minimum absolute atomic E-state index is 0.119. The van der Waals surface area contributed by atoms with Crippen molar-refractivity contribution in [2.75, 3.05) is 46.5 Å². The summed E-state index contributed by atoms with van der Waals surface area (Å²) in [5.41, 5.74) is 0.579. The van der Waals surface area contributed by atoms with Crippen LogP contribution in [0.5, 0.6) is 17.2 Å². The van der Waals surface area contributed by atoms with E-state index in [4.69, 9.17) is 14.2 Å². The van der Waals surface area contributed by atoms with Gasteiger partial charge in [-0.1, -0.05) is 24.3 Å². The molecule has 5 rings (SSSR count). The minimum atomic E-state index is -3.72. The van der Waals surface area contributed by atoms with Crippen LogP contribution in [0.4, 0.5) is 0 Å². The predicted octanol–water partition coefficient (Wildman–Crippen LogP) is 3.16. The SMILES string of the molecule is COc1ccc(C(=O)N2CCN(S(=O)(=O)c3ccc4c(c3)OCCCO4)CC2)c2ccccc12. The molecule has 2 aliphatic heterocycles. The Balaban J connectivity index is 1.33. The van der Waals surface area contributed by atoms with Crippen molar-refractivity contribution in [3.8, 4) is 17.2 Å². The second-order valence-electron chi connectivity index (χ2n) is 8.22. The summed E-state index contributed by atoms with van der Waals surface area (Å²) >= 11 is 0. The van der Waals surface area contributed by atoms with Crippen molar-refractivity contribution in [3.05, 3.63) is 60.2 Å². The molecule has 9 heteroatoms. The Morgan fingerprint density at radius 2 is 1.59 bits per heavy atom. The van der Waals surface area contributed by atoms with E-state index in [0.29, 0.717) is 49.1 Å². The van der Waals surface area contributed by atoms with E-state index in [1.807, 2.05) is 24.3 Å². The van der Waals surface area contributed by atoms with Crippen molar-refractivity contribution in [3.63, 3.8) is 0 Å². The number of hydrogen-bond donors (Lipinski definition) is 0. The van der Waals surface area contributed by atoms with Crippen LogP contribution < -0.4 is 14.2 Å². The van der Waals surface area contributed by atoms with Gasteiger partial charge in [-0.3, -0.25) is 4.79 Å². The number of nitrogens with zero attached hydrogens (tertiary/aromatic N) is 2. The second-order valence-corrected chi connectivity index (χ2v) is 10.2. The van der Waals surface area contributed by atoms with Gasteiger partial charge in [0.2, 0.25) is 10.0 Å². The zero-order valence-electron chi connectivity index (χ0n) is 18.9. The number of ether oxygens (including phenoxy) is 3. The van der Waals surface area contributed by atoms with Crippen molar-refractivity contribution in [2.45, 2.75) is 11.3 Å². The van der Waals surface area contributed by atoms with Gasteiger partial charge in [0.15, 0.2) is 11.5 Å². The number of amides is 1. The Kier molecular flexibility index (Phi) is 6.05. The molecule has 3 aromatic rings. The van der Waals surface area contributed by atoms with Gasteiger partial charge in [0.1, 0.15) is 5.75 Å². The molecular weight excluding hydrogens is 456 g/mol. The predicted molar refractivity (Wildman–Crippen MR) is 127 cm³/mol. The summed E-state index contributed by atoms with van der Waals surface area (Å²) in [6.45, 7) is 2.08. The molecule has 0 saturated carbocycles. The van der Waals surface area contributed by atoms with Crippen molar-refractivity contribution in [1.29, 1.82) is 0 Å². The van der Waals surface area contributed by atoms with Gasteiger partial charge in [0.25, 0.3) is 5.91 Å². The first-order valence-electron chi connectivity index (χ1n) is 11.2. The maximum atomic E-state index is 13.3. The van der Waals surface area contributed by atoms with E-state index in [1.54, 1.807) is 36.3 Å². The molecule has 1 amide bonds. The fourth-order valence-electron chi connectivity index (χ4n) is 4.39. The monoisotopic (exact) mass is 482 g/mol. The summed E-state index contributed by atoms with van der Waals surface area (Å²) in [6, 6.07) is 15.9. The van der Waals surface area contributed by atoms with Crippen molar-refractivity contribution < 1.29 is 27.4 Å². The molecule has 34 heavy (non-hydrogen) atoms. The Labute approximate surface area is 198 Å². The summed E-state index contributed by atoms with van der Waals surface area (Å²) in [7, 11) is -2.12. The Hall–Kier alpha value is -3.30. The summed E-state index contributed by atoms with van der Waals surface area (Å²) in [5.74, 6) is 1.59. The van der Waals surface area contributed by atoms with E-state index >= 15 is 0 Å². The van der Waals surface area contributed by atoms with E-state index in [1.165, 1.54) is 10.4 Å². The molecule has 0 aromatic heterocycles. The maximum Gasteiger partial charge on any atom is 0.254 e. The quantitative estimate of drug-likeness (QED) is 0.568. The third kappa shape index (κ3) is 4.05. The van der Waals surface area contributed by atoms with E-state index < -0.39 is 10.0 Å². The van der Waals surface area contributed by atoms with Crippen molar-refractivity contribution in [2.24, 2.45) is 0 Å². The lowest BCUT2D eigenvalue weighted by Gasteiger charge is -2.34. The Morgan fingerprint density at radius 1 is 0.882 bits per heavy atom. The molecule has 3 aromatic carbocycles. The van der Waals surface area contributed by atoms with Crippen LogP contribution in [-0.2, 0) is 10.0 Å². The Bertz CT molecular complexity index is 1330. The topological polar surface area (TPSA) is 85.4 Å². The first-order chi connectivity index (χ1) is 16.5. The van der Waals surface area contributed by atoms with E-state index in [-0.39, 0.29) is 23.9 Å². The van der Waals surface area contributed by atoms with Gasteiger partial charge >= 0.3 is 0 Å². The van der Waals surface area contributed by atoms with Crippen molar-refractivity contribution >= 4 is 26.7 Å². The zero-order valence-corrected chi connectivity index (χ0v) is 19.7. The number of fused-ring (bicyclic) bond motifs is 2. The van der Waals surface area contributed by atoms with Crippen LogP contribution in [0.3, 0.4) is 0 Å². The maximum absolute atomic E-state index is 13.3. The number of rotatable bonds is 4. The molecule has 1 fully saturated rings. The van der Waals surface area contributed by atoms with E-state index in [2.05, 4.69) is 0 Å². The average molecular weight is 483 g/mol. The van der Waals surface area contributed by atoms with E-state index in [0.717, 1.165) is 17.2 Å². The number of carbonyl (C=O) groups is 1. The molecule has 2 heterocycles. The standard InChI is InChI=1S/C25H26N2O6S/c1-31-22-10-8-21(19-5-2-3-6-20(19)22)25(28)26-11-13-27(14-12-26)34(29,30)18-7-9-23-24(17-18)33-16-4-15-32-23/h2-3,5-10,17H,4,11-16H2,1H3. The molecule has 0 spiro atoms. The number of carbonyl (C=O) groups excluding carboxylic acids is 1. The third-order valence-corrected chi connectivity index (χ3v) is 8.11. The molecule has 0 radical (unpaired) electrons. The van der Waals surface area contributed by atoms with Gasteiger partial charge in [0, 0.05) is 49.6 Å². The van der Waals surface area contributed by atoms with E-state index in [9.17, 15) is 13.2 Å². The second kappa shape index (κ2) is 9.15. The molecule has 2 aliphatic rings. The van der Waals surface area contributed by atoms with Gasteiger partial charge in [0.05, 0.1) is 25.2 Å². The summed E-state index contributed by atoms with van der Waals surface area (Å²) in [4.78, 5) is 15.2. The van der Waals surface area contributed by atoms with Gasteiger partial charge in [-0.15, -0.1) is 0 Å². The number of sulfonamides is 1. The van der Waals surface area contributed by atoms with Crippen LogP contribution in [0.1, 0.15) is 16.8 Å². The van der Waals surface area contributed by atoms with Gasteiger partial charge < -0.3 is 19.1 Å². The number of methoxy groups -OCH3 is 1. The van der Waals surface area contributed by atoms with Crippen LogP contribution in [0.25, 0.3) is 10.8 Å². The highest BCUT2D eigenvalue weighted by atomic mass is 32.2. The lowest BCUT2D eigenvalue weighted by molar-refractivity contribution is 0.0700. The number of benzene rings is 3. The highest BCUT2D eigenvalue weighted by molar-refractivity contribution is 7.89. The lowest BCUT2D eigenvalue weighted by Crippen LogP contribution is -2.50. The fraction of sp³-hybridized carbons (Fsp3) is 0.320. The molecule has 0 bridgehead atoms. The molecule has 178 valence electrons. The first kappa shape index (κ1) is 22.5. The molecule has 0 atom stereocenters. The molecule has 0 unspecified atom stereocenters. The van der Waals surface area contributed by atoms with Gasteiger partial charge in [-0.2, -0.15) is 4.31 Å². The van der Waals surface area contributed by atoms with Crippen LogP contribution >= 0.6 is 0 Å². The summed E-state index contributed by atoms with van der Waals surface area (Å²) in [6.07, 6.45) is 0.746. The molecule has 0 aliphatic carbocycles. The minimum Gasteiger partial charge on any atom is -0.496 e. The van der Waals surface area contributed by atoms with Crippen LogP contribution in [-0.4, -0.2) is 70.0 Å². The molecular formula is C25H26N2O6S. The average Bonchev–Trinajstić information content (AvgIpc) is 3.12. The molecule has 1 saturated heterocycles. The third-order valence-electron chi connectivity index (χ3n) is 6.22. The van der Waals surface area contributed by atoms with Crippen LogP contribution in [0.15, 0.2) is 59.5 Å². The first-order valence-corrected chi connectivity index (χ1v) is 12.7. The fourth-order valence-corrected chi connectivity index (χ4v) is 5.83.